The number of imide groups is 1. The Bertz CT molecular complexity index is 1870. The Balaban J connectivity index is 0.952. The minimum Gasteiger partial charge on any atom is -0.446 e. The van der Waals surface area contributed by atoms with Gasteiger partial charge in [-0.15, -0.1) is 0 Å². The van der Waals surface area contributed by atoms with E-state index in [0.29, 0.717) is 57.4 Å². The lowest BCUT2D eigenvalue weighted by atomic mass is 9.47. The molecule has 0 aromatic rings. The lowest BCUT2D eigenvalue weighted by Crippen LogP contribution is -2.51. The zero-order valence-corrected chi connectivity index (χ0v) is 47.5. The fourth-order valence-electron chi connectivity index (χ4n) is 13.7. The molecule has 5 rings (SSSR count). The van der Waals surface area contributed by atoms with Crippen molar-refractivity contribution in [2.75, 3.05) is 32.8 Å². The SMILES string of the molecule is CC(C)CCC[C@@H](C)[C@H]1CC[C@H]2[C@@H]3CC=C4C[C@@H](OC(=O)NC(C)(C)CCOC(C)(C)CCNC(=O)C(C)(C)CCOC(C)(C)CCNC(=O)CCN5C(=O)CC(C(C)C)C5=O)CC[C@]4(C)C3CC[C@]12C. The van der Waals surface area contributed by atoms with Gasteiger partial charge in [-0.1, -0.05) is 93.2 Å². The minimum atomic E-state index is -0.658. The summed E-state index contributed by atoms with van der Waals surface area (Å²) >= 11 is 0. The molecule has 2 unspecified atom stereocenters. The number of carbonyl (C=O) groups is 5. The van der Waals surface area contributed by atoms with Gasteiger partial charge in [-0.2, -0.15) is 0 Å². The summed E-state index contributed by atoms with van der Waals surface area (Å²) in [4.78, 5) is 65.3. The molecule has 4 aliphatic carbocycles. The quantitative estimate of drug-likeness (QED) is 0.0572. The maximum absolute atomic E-state index is 13.4. The molecule has 0 spiro atoms. The van der Waals surface area contributed by atoms with Crippen LogP contribution in [-0.2, 0) is 33.4 Å². The van der Waals surface area contributed by atoms with Crippen LogP contribution in [-0.4, -0.2) is 90.3 Å². The Hall–Kier alpha value is -2.99. The topological polar surface area (TPSA) is 152 Å². The predicted octanol–water partition coefficient (Wildman–Crippen LogP) is 11.7. The van der Waals surface area contributed by atoms with Crippen LogP contribution in [0.3, 0.4) is 0 Å². The number of likely N-dealkylation sites (tertiary alicyclic amines) is 1. The number of amides is 5. The van der Waals surface area contributed by atoms with E-state index in [0.717, 1.165) is 54.8 Å². The van der Waals surface area contributed by atoms with Crippen molar-refractivity contribution in [3.8, 4) is 0 Å². The van der Waals surface area contributed by atoms with E-state index in [4.69, 9.17) is 14.2 Å². The van der Waals surface area contributed by atoms with Crippen molar-refractivity contribution in [3.63, 3.8) is 0 Å². The molecule has 71 heavy (non-hydrogen) atoms. The van der Waals surface area contributed by atoms with Gasteiger partial charge in [0.25, 0.3) is 0 Å². The van der Waals surface area contributed by atoms with Crippen molar-refractivity contribution in [2.45, 2.75) is 236 Å². The average molecular weight is 995 g/mol. The van der Waals surface area contributed by atoms with Gasteiger partial charge in [0, 0.05) is 69.0 Å². The summed E-state index contributed by atoms with van der Waals surface area (Å²) in [7, 11) is 0. The second-order valence-corrected chi connectivity index (χ2v) is 27.0. The average Bonchev–Trinajstić information content (AvgIpc) is 3.76. The summed E-state index contributed by atoms with van der Waals surface area (Å²) in [5.41, 5.74) is 0.0340. The second kappa shape index (κ2) is 24.1. The molecular weight excluding hydrogens is 893 g/mol. The van der Waals surface area contributed by atoms with Gasteiger partial charge >= 0.3 is 6.09 Å². The van der Waals surface area contributed by atoms with Crippen molar-refractivity contribution in [3.05, 3.63) is 11.6 Å². The largest absolute Gasteiger partial charge is 0.446 e. The van der Waals surface area contributed by atoms with Crippen LogP contribution in [0, 0.1) is 63.6 Å². The van der Waals surface area contributed by atoms with Crippen LogP contribution in [0.1, 0.15) is 213 Å². The molecule has 5 amide bonds. The molecule has 0 radical (unpaired) electrons. The number of hydrogen-bond donors (Lipinski definition) is 3. The number of nitrogens with one attached hydrogen (secondary N) is 3. The zero-order valence-electron chi connectivity index (χ0n) is 47.5. The minimum absolute atomic E-state index is 0.0522. The van der Waals surface area contributed by atoms with E-state index in [9.17, 15) is 24.0 Å². The summed E-state index contributed by atoms with van der Waals surface area (Å²) in [6.07, 6.45) is 18.4. The molecule has 406 valence electrons. The van der Waals surface area contributed by atoms with E-state index in [-0.39, 0.29) is 72.5 Å². The molecule has 3 saturated carbocycles. The number of rotatable bonds is 26. The lowest BCUT2D eigenvalue weighted by molar-refractivity contribution is -0.140. The van der Waals surface area contributed by atoms with E-state index in [1.165, 1.54) is 61.8 Å². The van der Waals surface area contributed by atoms with Gasteiger partial charge in [0.1, 0.15) is 6.10 Å². The number of nitrogens with zero attached hydrogens (tertiary/aromatic N) is 1. The van der Waals surface area contributed by atoms with Gasteiger partial charge in [0.05, 0.1) is 11.2 Å². The summed E-state index contributed by atoms with van der Waals surface area (Å²) in [5.74, 6) is 3.98. The van der Waals surface area contributed by atoms with Gasteiger partial charge < -0.3 is 30.2 Å². The van der Waals surface area contributed by atoms with Crippen molar-refractivity contribution in [2.24, 2.45) is 63.6 Å². The highest BCUT2D eigenvalue weighted by Gasteiger charge is 2.59. The third kappa shape index (κ3) is 15.5. The summed E-state index contributed by atoms with van der Waals surface area (Å²) in [5, 5.41) is 9.14. The van der Waals surface area contributed by atoms with Crippen LogP contribution in [0.15, 0.2) is 11.6 Å². The normalized spacial score (nSPS) is 28.6. The fraction of sp³-hybridized carbons (Fsp3) is 0.881. The lowest BCUT2D eigenvalue weighted by Gasteiger charge is -2.58. The Kier molecular flexibility index (Phi) is 20.0. The summed E-state index contributed by atoms with van der Waals surface area (Å²) in [6, 6.07) is 0. The molecule has 9 atom stereocenters. The number of ether oxygens (including phenoxy) is 3. The molecule has 1 heterocycles. The van der Waals surface area contributed by atoms with Gasteiger partial charge in [-0.3, -0.25) is 24.1 Å². The van der Waals surface area contributed by atoms with Gasteiger partial charge in [0.15, 0.2) is 0 Å². The van der Waals surface area contributed by atoms with Crippen molar-refractivity contribution in [1.29, 1.82) is 0 Å². The van der Waals surface area contributed by atoms with Crippen molar-refractivity contribution < 1.29 is 38.2 Å². The van der Waals surface area contributed by atoms with E-state index in [1.807, 2.05) is 69.2 Å². The fourth-order valence-corrected chi connectivity index (χ4v) is 13.7. The van der Waals surface area contributed by atoms with Crippen LogP contribution in [0.25, 0.3) is 0 Å². The Labute approximate surface area is 431 Å². The Morgan fingerprint density at radius 3 is 2.06 bits per heavy atom. The third-order valence-electron chi connectivity index (χ3n) is 18.7. The molecule has 12 nitrogen and oxygen atoms in total. The van der Waals surface area contributed by atoms with Crippen molar-refractivity contribution >= 4 is 29.7 Å². The smallest absolute Gasteiger partial charge is 0.407 e. The van der Waals surface area contributed by atoms with Gasteiger partial charge in [-0.05, 0) is 164 Å². The van der Waals surface area contributed by atoms with Crippen LogP contribution in [0.2, 0.25) is 0 Å². The van der Waals surface area contributed by atoms with Crippen LogP contribution in [0.5, 0.6) is 0 Å². The first kappa shape index (κ1) is 58.9. The monoisotopic (exact) mass is 995 g/mol. The van der Waals surface area contributed by atoms with Gasteiger partial charge in [0.2, 0.25) is 23.6 Å². The number of alkyl carbamates (subject to hydrolysis) is 1. The molecule has 0 aromatic heterocycles. The highest BCUT2D eigenvalue weighted by Crippen LogP contribution is 2.67. The predicted molar refractivity (Wildman–Crippen MR) is 283 cm³/mol. The maximum Gasteiger partial charge on any atom is 0.407 e. The maximum atomic E-state index is 13.4. The number of allylic oxidation sites excluding steroid dienone is 1. The third-order valence-corrected chi connectivity index (χ3v) is 18.7. The molecule has 0 aromatic carbocycles. The van der Waals surface area contributed by atoms with E-state index < -0.39 is 22.2 Å². The number of fused-ring (bicyclic) bond motifs is 5. The van der Waals surface area contributed by atoms with Crippen LogP contribution >= 0.6 is 0 Å². The number of hydrogen-bond acceptors (Lipinski definition) is 8. The Morgan fingerprint density at radius 1 is 0.775 bits per heavy atom. The molecule has 4 fully saturated rings. The van der Waals surface area contributed by atoms with E-state index >= 15 is 0 Å². The van der Waals surface area contributed by atoms with E-state index in [2.05, 4.69) is 56.6 Å². The van der Waals surface area contributed by atoms with Crippen molar-refractivity contribution in [1.82, 2.24) is 20.9 Å². The molecule has 1 saturated heterocycles. The second-order valence-electron chi connectivity index (χ2n) is 27.0. The number of carbonyl (C=O) groups excluding carboxylic acids is 5. The van der Waals surface area contributed by atoms with Crippen LogP contribution < -0.4 is 16.0 Å². The van der Waals surface area contributed by atoms with Crippen LogP contribution in [0.4, 0.5) is 4.79 Å². The Morgan fingerprint density at radius 2 is 1.42 bits per heavy atom. The highest BCUT2D eigenvalue weighted by atomic mass is 16.6. The molecule has 5 aliphatic rings. The highest BCUT2D eigenvalue weighted by molar-refractivity contribution is 6.03. The molecule has 1 aliphatic heterocycles. The molecule has 12 heteroatoms. The first-order chi connectivity index (χ1) is 33.0. The van der Waals surface area contributed by atoms with E-state index in [1.54, 1.807) is 0 Å². The standard InChI is InChI=1S/C59H102N4O8/c1-39(2)17-16-18-41(5)46-21-22-47-44-20-19-42-37-43(23-26-58(42,14)48(44)24-27-59(46,47)15)71-53(68)62-55(8,9)31-36-70-57(12,13)29-33-61-52(67)54(6,7)30-35-69-56(10,11)28-32-60-49(64)25-34-63-50(65)38-45(40(3)4)51(63)66/h19,39-41,43-48H,16-18,20-38H2,1-15H3,(H,60,64)(H,61,67)(H,62,68)/t41-,43+,44+,45?,46-,47+,48?,58+,59-/m1/s1. The summed E-state index contributed by atoms with van der Waals surface area (Å²) < 4.78 is 18.7. The molecular formula is C59H102N4O8. The summed E-state index contributed by atoms with van der Waals surface area (Å²) in [6.45, 7) is 34.0. The first-order valence-corrected chi connectivity index (χ1v) is 28.3. The van der Waals surface area contributed by atoms with Gasteiger partial charge in [-0.25, -0.2) is 4.79 Å². The molecule has 0 bridgehead atoms. The first-order valence-electron chi connectivity index (χ1n) is 28.3. The zero-order chi connectivity index (χ0) is 52.7. The molecule has 3 N–H and O–H groups in total.